The number of rotatable bonds is 8. The van der Waals surface area contributed by atoms with E-state index in [4.69, 9.17) is 4.42 Å². The third-order valence-corrected chi connectivity index (χ3v) is 7.02. The number of amides is 2. The highest BCUT2D eigenvalue weighted by atomic mass is 32.1. The molecule has 7 nitrogen and oxygen atoms in total. The molecule has 0 aliphatic carbocycles. The van der Waals surface area contributed by atoms with Crippen molar-refractivity contribution in [1.29, 1.82) is 0 Å². The molecule has 2 amide bonds. The van der Waals surface area contributed by atoms with Gasteiger partial charge in [-0.25, -0.2) is 9.97 Å². The summed E-state index contributed by atoms with van der Waals surface area (Å²) >= 11 is 4.80. The van der Waals surface area contributed by atoms with E-state index in [1.807, 2.05) is 40.5 Å². The second-order valence-corrected chi connectivity index (χ2v) is 9.92. The summed E-state index contributed by atoms with van der Waals surface area (Å²) in [7, 11) is 0. The highest BCUT2D eigenvalue weighted by molar-refractivity contribution is 7.15. The van der Waals surface area contributed by atoms with E-state index < -0.39 is 0 Å². The van der Waals surface area contributed by atoms with E-state index in [0.717, 1.165) is 12.0 Å². The number of nitrogens with zero attached hydrogens (tertiary/aromatic N) is 2. The maximum absolute atomic E-state index is 11.7. The van der Waals surface area contributed by atoms with Gasteiger partial charge in [-0.1, -0.05) is 19.9 Å². The molecular formula is C22H24N4O3S3. The number of nitrogens with one attached hydrogen (secondary N) is 2. The first-order valence-corrected chi connectivity index (χ1v) is 12.6. The lowest BCUT2D eigenvalue weighted by Crippen LogP contribution is -2.13. The Bertz CT molecular complexity index is 1070. The van der Waals surface area contributed by atoms with Crippen LogP contribution < -0.4 is 10.6 Å². The fourth-order valence-electron chi connectivity index (χ4n) is 2.51. The molecule has 2 N–H and O–H groups in total. The first-order valence-electron chi connectivity index (χ1n) is 9.98. The molecule has 0 spiro atoms. The number of aryl methyl sites for hydroxylation is 1. The molecule has 0 bridgehead atoms. The van der Waals surface area contributed by atoms with E-state index in [9.17, 15) is 9.59 Å². The molecule has 32 heavy (non-hydrogen) atoms. The van der Waals surface area contributed by atoms with E-state index >= 15 is 0 Å². The number of hydrogen-bond donors (Lipinski definition) is 2. The molecule has 0 aliphatic heterocycles. The van der Waals surface area contributed by atoms with Crippen molar-refractivity contribution in [3.05, 3.63) is 68.3 Å². The zero-order chi connectivity index (χ0) is 22.8. The van der Waals surface area contributed by atoms with E-state index in [-0.39, 0.29) is 17.8 Å². The third kappa shape index (κ3) is 8.03. The van der Waals surface area contributed by atoms with Crippen molar-refractivity contribution in [2.75, 3.05) is 10.6 Å². The van der Waals surface area contributed by atoms with Gasteiger partial charge in [-0.2, -0.15) is 11.3 Å². The van der Waals surface area contributed by atoms with Crippen molar-refractivity contribution >= 4 is 57.0 Å². The number of hydrogen-bond acceptors (Lipinski definition) is 8. The monoisotopic (exact) mass is 488 g/mol. The second kappa shape index (κ2) is 12.3. The number of anilines is 2. The Morgan fingerprint density at radius 3 is 2.62 bits per heavy atom. The van der Waals surface area contributed by atoms with Gasteiger partial charge >= 0.3 is 6.01 Å². The van der Waals surface area contributed by atoms with Gasteiger partial charge < -0.3 is 9.73 Å². The zero-order valence-electron chi connectivity index (χ0n) is 17.7. The van der Waals surface area contributed by atoms with E-state index in [1.54, 1.807) is 34.0 Å². The molecular weight excluding hydrogens is 464 g/mol. The molecule has 0 saturated carbocycles. The van der Waals surface area contributed by atoms with Crippen LogP contribution in [0.2, 0.25) is 0 Å². The Labute approximate surface area is 198 Å². The molecule has 0 aromatic carbocycles. The number of carbonyl (C=O) groups excluding carboxylic acids is 2. The fourth-order valence-corrected chi connectivity index (χ4v) is 4.72. The van der Waals surface area contributed by atoms with Crippen molar-refractivity contribution in [2.24, 2.45) is 0 Å². The minimum atomic E-state index is -0.0779. The van der Waals surface area contributed by atoms with Crippen LogP contribution >= 0.6 is 34.0 Å². The van der Waals surface area contributed by atoms with Gasteiger partial charge in [0.1, 0.15) is 6.26 Å². The van der Waals surface area contributed by atoms with E-state index in [2.05, 4.69) is 34.4 Å². The summed E-state index contributed by atoms with van der Waals surface area (Å²) in [6.45, 7) is 4.23. The van der Waals surface area contributed by atoms with Crippen LogP contribution in [-0.2, 0) is 22.4 Å². The molecule has 0 unspecified atom stereocenters. The molecule has 0 radical (unpaired) electrons. The Morgan fingerprint density at radius 1 is 1.12 bits per heavy atom. The molecule has 4 aromatic heterocycles. The molecule has 4 heterocycles. The molecule has 0 saturated heterocycles. The highest BCUT2D eigenvalue weighted by Gasteiger charge is 2.09. The average molecular weight is 489 g/mol. The quantitative estimate of drug-likeness (QED) is 0.326. The van der Waals surface area contributed by atoms with Crippen molar-refractivity contribution in [3.8, 4) is 0 Å². The summed E-state index contributed by atoms with van der Waals surface area (Å²) in [6, 6.07) is 6.21. The van der Waals surface area contributed by atoms with E-state index in [1.165, 1.54) is 22.2 Å². The maximum atomic E-state index is 11.7. The van der Waals surface area contributed by atoms with Gasteiger partial charge in [0.2, 0.25) is 11.8 Å². The largest absolute Gasteiger partial charge is 0.432 e. The van der Waals surface area contributed by atoms with Crippen LogP contribution in [0.15, 0.2) is 57.4 Å². The first kappa shape index (κ1) is 23.8. The number of oxazole rings is 1. The molecule has 4 rings (SSSR count). The zero-order valence-corrected chi connectivity index (χ0v) is 20.2. The third-order valence-electron chi connectivity index (χ3n) is 4.14. The van der Waals surface area contributed by atoms with Gasteiger partial charge in [0, 0.05) is 22.4 Å². The van der Waals surface area contributed by atoms with Gasteiger partial charge in [-0.15, -0.1) is 22.7 Å². The van der Waals surface area contributed by atoms with Gasteiger partial charge in [-0.05, 0) is 46.2 Å². The lowest BCUT2D eigenvalue weighted by molar-refractivity contribution is -0.116. The summed E-state index contributed by atoms with van der Waals surface area (Å²) in [6.07, 6.45) is 6.37. The predicted octanol–water partition coefficient (Wildman–Crippen LogP) is 5.82. The summed E-state index contributed by atoms with van der Waals surface area (Å²) in [4.78, 5) is 33.5. The fraction of sp³-hybridized carbons (Fsp3) is 0.273. The molecule has 10 heteroatoms. The lowest BCUT2D eigenvalue weighted by atomic mass is 10.2. The standard InChI is InChI=1S/C12H14N2OS2.C10H10N2O2S/c1-8(2)10-6-13-12(17-10)14-11(15)5-9-3-4-16-7-9;13-9(12-10-11-5-6-14-10)4-3-8-2-1-7-15-8/h3-4,6-8H,5H2,1-2H3,(H,13,14,15);1-2,5-7H,3-4H2,(H,11,12,13). The minimum absolute atomic E-state index is 0.00643. The van der Waals surface area contributed by atoms with Gasteiger partial charge in [-0.3, -0.25) is 14.9 Å². The average Bonchev–Trinajstić information content (AvgIpc) is 3.54. The second-order valence-electron chi connectivity index (χ2n) is 7.04. The maximum Gasteiger partial charge on any atom is 0.301 e. The minimum Gasteiger partial charge on any atom is -0.432 e. The van der Waals surface area contributed by atoms with Crippen LogP contribution in [0, 0.1) is 0 Å². The van der Waals surface area contributed by atoms with Crippen molar-refractivity contribution < 1.29 is 14.0 Å². The van der Waals surface area contributed by atoms with Crippen LogP contribution in [0.5, 0.6) is 0 Å². The molecule has 4 aromatic rings. The number of aromatic nitrogens is 2. The molecule has 0 atom stereocenters. The van der Waals surface area contributed by atoms with Crippen molar-refractivity contribution in [2.45, 2.75) is 39.0 Å². The van der Waals surface area contributed by atoms with Crippen LogP contribution in [0.25, 0.3) is 0 Å². The van der Waals surface area contributed by atoms with Crippen LogP contribution in [0.1, 0.15) is 41.5 Å². The summed E-state index contributed by atoms with van der Waals surface area (Å²) in [5, 5.41) is 12.1. The predicted molar refractivity (Wildman–Crippen MR) is 131 cm³/mol. The van der Waals surface area contributed by atoms with Crippen molar-refractivity contribution in [1.82, 2.24) is 9.97 Å². The topological polar surface area (TPSA) is 97.1 Å². The number of thiophene rings is 2. The first-order chi connectivity index (χ1) is 15.5. The number of carbonyl (C=O) groups is 2. The molecule has 168 valence electrons. The normalized spacial score (nSPS) is 10.5. The summed E-state index contributed by atoms with van der Waals surface area (Å²) in [5.41, 5.74) is 1.05. The van der Waals surface area contributed by atoms with Crippen LogP contribution in [0.4, 0.5) is 11.1 Å². The highest BCUT2D eigenvalue weighted by Crippen LogP contribution is 2.25. The Morgan fingerprint density at radius 2 is 2.00 bits per heavy atom. The Kier molecular flexibility index (Phi) is 9.14. The smallest absolute Gasteiger partial charge is 0.301 e. The van der Waals surface area contributed by atoms with Crippen molar-refractivity contribution in [3.63, 3.8) is 0 Å². The Balaban J connectivity index is 0.000000182. The SMILES string of the molecule is CC(C)c1cnc(NC(=O)Cc2ccsc2)s1.O=C(CCc1cccs1)Nc1ncco1. The van der Waals surface area contributed by atoms with Gasteiger partial charge in [0.15, 0.2) is 5.13 Å². The Hall–Kier alpha value is -2.82. The number of thiazole rings is 1. The van der Waals surface area contributed by atoms with Crippen LogP contribution in [-0.4, -0.2) is 21.8 Å². The summed E-state index contributed by atoms with van der Waals surface area (Å²) in [5.74, 6) is 0.369. The lowest BCUT2D eigenvalue weighted by Gasteiger charge is -2.00. The summed E-state index contributed by atoms with van der Waals surface area (Å²) < 4.78 is 4.90. The molecule has 0 aliphatic rings. The molecule has 0 fully saturated rings. The van der Waals surface area contributed by atoms with Crippen LogP contribution in [0.3, 0.4) is 0 Å². The van der Waals surface area contributed by atoms with E-state index in [0.29, 0.717) is 23.9 Å². The van der Waals surface area contributed by atoms with Gasteiger partial charge in [0.25, 0.3) is 0 Å². The van der Waals surface area contributed by atoms with Gasteiger partial charge in [0.05, 0.1) is 12.6 Å².